The number of unbranched alkanes of at least 4 members (excludes halogenated alkanes) is 10. The van der Waals surface area contributed by atoms with E-state index >= 15 is 0 Å². The van der Waals surface area contributed by atoms with Crippen molar-refractivity contribution in [2.75, 3.05) is 0 Å². The van der Waals surface area contributed by atoms with Crippen LogP contribution in [0.2, 0.25) is 0 Å². The lowest BCUT2D eigenvalue weighted by atomic mass is 10.0. The highest BCUT2D eigenvalue weighted by atomic mass is 16.4. The van der Waals surface area contributed by atoms with Crippen LogP contribution in [0.25, 0.3) is 0 Å². The van der Waals surface area contributed by atoms with Gasteiger partial charge in [-0.15, -0.1) is 0 Å². The highest BCUT2D eigenvalue weighted by Crippen LogP contribution is 2.13. The van der Waals surface area contributed by atoms with Gasteiger partial charge >= 0.3 is 5.97 Å². The number of benzene rings is 1. The van der Waals surface area contributed by atoms with Gasteiger partial charge in [0.15, 0.2) is 0 Å². The Morgan fingerprint density at radius 3 is 1.95 bits per heavy atom. The Balaban J connectivity index is 1.97. The Hall–Kier alpha value is -1.31. The Morgan fingerprint density at radius 1 is 0.864 bits per heavy atom. The molecule has 0 spiro atoms. The van der Waals surface area contributed by atoms with Crippen molar-refractivity contribution in [1.29, 1.82) is 0 Å². The summed E-state index contributed by atoms with van der Waals surface area (Å²) in [6.45, 7) is 2.26. The van der Waals surface area contributed by atoms with E-state index in [4.69, 9.17) is 5.11 Å². The molecule has 0 radical (unpaired) electrons. The molecule has 0 bridgehead atoms. The van der Waals surface area contributed by atoms with Crippen molar-refractivity contribution in [2.24, 2.45) is 0 Å². The zero-order chi connectivity index (χ0) is 16.0. The molecule has 1 aromatic rings. The number of carboxylic acids is 1. The van der Waals surface area contributed by atoms with Gasteiger partial charge in [-0.3, -0.25) is 0 Å². The van der Waals surface area contributed by atoms with Crippen LogP contribution >= 0.6 is 0 Å². The Labute approximate surface area is 135 Å². The maximum Gasteiger partial charge on any atom is 0.335 e. The fourth-order valence-electron chi connectivity index (χ4n) is 2.85. The van der Waals surface area contributed by atoms with Crippen molar-refractivity contribution in [1.82, 2.24) is 0 Å². The lowest BCUT2D eigenvalue weighted by molar-refractivity contribution is 0.0696. The van der Waals surface area contributed by atoms with E-state index in [0.717, 1.165) is 12.0 Å². The Bertz CT molecular complexity index is 412. The van der Waals surface area contributed by atoms with Gasteiger partial charge in [-0.1, -0.05) is 83.3 Å². The molecule has 0 unspecified atom stereocenters. The van der Waals surface area contributed by atoms with Crippen LogP contribution in [0.3, 0.4) is 0 Å². The zero-order valence-electron chi connectivity index (χ0n) is 14.2. The Morgan fingerprint density at radius 2 is 1.41 bits per heavy atom. The zero-order valence-corrected chi connectivity index (χ0v) is 14.2. The third-order valence-corrected chi connectivity index (χ3v) is 4.24. The van der Waals surface area contributed by atoms with Crippen molar-refractivity contribution < 1.29 is 9.90 Å². The first-order valence-electron chi connectivity index (χ1n) is 9.06. The molecule has 1 rings (SSSR count). The molecule has 0 heterocycles. The first-order chi connectivity index (χ1) is 10.7. The lowest BCUT2D eigenvalue weighted by Crippen LogP contribution is -1.97. The van der Waals surface area contributed by atoms with Crippen molar-refractivity contribution in [3.8, 4) is 0 Å². The van der Waals surface area contributed by atoms with Crippen LogP contribution in [-0.4, -0.2) is 11.1 Å². The fraction of sp³-hybridized carbons (Fsp3) is 0.650. The van der Waals surface area contributed by atoms with Crippen LogP contribution in [0.4, 0.5) is 0 Å². The summed E-state index contributed by atoms with van der Waals surface area (Å²) in [6.07, 6.45) is 15.8. The van der Waals surface area contributed by atoms with E-state index in [1.54, 1.807) is 12.1 Å². The van der Waals surface area contributed by atoms with E-state index in [1.807, 2.05) is 12.1 Å². The molecular formula is C20H32O2. The summed E-state index contributed by atoms with van der Waals surface area (Å²) in [7, 11) is 0. The molecule has 2 heteroatoms. The van der Waals surface area contributed by atoms with Gasteiger partial charge in [-0.05, 0) is 30.5 Å². The second-order valence-corrected chi connectivity index (χ2v) is 6.29. The van der Waals surface area contributed by atoms with E-state index in [9.17, 15) is 4.79 Å². The third-order valence-electron chi connectivity index (χ3n) is 4.24. The van der Waals surface area contributed by atoms with Gasteiger partial charge < -0.3 is 5.11 Å². The summed E-state index contributed by atoms with van der Waals surface area (Å²) < 4.78 is 0. The maximum atomic E-state index is 10.9. The van der Waals surface area contributed by atoms with Crippen molar-refractivity contribution in [3.63, 3.8) is 0 Å². The van der Waals surface area contributed by atoms with E-state index in [0.29, 0.717) is 5.56 Å². The molecule has 1 aromatic carbocycles. The maximum absolute atomic E-state index is 10.9. The van der Waals surface area contributed by atoms with Crippen LogP contribution < -0.4 is 0 Å². The number of carboxylic acid groups (broad SMARTS) is 1. The second-order valence-electron chi connectivity index (χ2n) is 6.29. The second kappa shape index (κ2) is 12.3. The summed E-state index contributed by atoms with van der Waals surface area (Å²) in [5.74, 6) is -0.833. The van der Waals surface area contributed by atoms with Gasteiger partial charge in [0.05, 0.1) is 5.56 Å². The number of rotatable bonds is 13. The Kier molecular flexibility index (Phi) is 10.4. The predicted molar refractivity (Wildman–Crippen MR) is 93.6 cm³/mol. The third kappa shape index (κ3) is 8.86. The predicted octanol–water partition coefficient (Wildman–Crippen LogP) is 6.24. The van der Waals surface area contributed by atoms with Gasteiger partial charge in [-0.2, -0.15) is 0 Å². The number of hydrogen-bond acceptors (Lipinski definition) is 1. The van der Waals surface area contributed by atoms with Gasteiger partial charge in [0, 0.05) is 0 Å². The highest BCUT2D eigenvalue weighted by molar-refractivity contribution is 5.87. The minimum Gasteiger partial charge on any atom is -0.478 e. The molecule has 22 heavy (non-hydrogen) atoms. The molecule has 0 atom stereocenters. The smallest absolute Gasteiger partial charge is 0.335 e. The molecule has 124 valence electrons. The summed E-state index contributed by atoms with van der Waals surface area (Å²) in [5.41, 5.74) is 1.55. The topological polar surface area (TPSA) is 37.3 Å². The van der Waals surface area contributed by atoms with Crippen LogP contribution in [0, 0.1) is 0 Å². The molecule has 0 aliphatic rings. The molecule has 0 fully saturated rings. The molecule has 0 aliphatic carbocycles. The quantitative estimate of drug-likeness (QED) is 0.438. The minimum atomic E-state index is -0.833. The molecular weight excluding hydrogens is 272 g/mol. The van der Waals surface area contributed by atoms with Gasteiger partial charge in [0.2, 0.25) is 0 Å². The monoisotopic (exact) mass is 304 g/mol. The molecule has 0 aromatic heterocycles. The lowest BCUT2D eigenvalue weighted by Gasteiger charge is -2.04. The average molecular weight is 304 g/mol. The van der Waals surface area contributed by atoms with E-state index in [1.165, 1.54) is 70.6 Å². The van der Waals surface area contributed by atoms with Gasteiger partial charge in [-0.25, -0.2) is 4.79 Å². The van der Waals surface area contributed by atoms with E-state index in [2.05, 4.69) is 6.92 Å². The molecule has 0 amide bonds. The number of carbonyl (C=O) groups is 1. The summed E-state index contributed by atoms with van der Waals surface area (Å²) in [5, 5.41) is 8.97. The number of hydrogen-bond donors (Lipinski definition) is 1. The fourth-order valence-corrected chi connectivity index (χ4v) is 2.85. The van der Waals surface area contributed by atoms with Gasteiger partial charge in [0.25, 0.3) is 0 Å². The van der Waals surface area contributed by atoms with Crippen LogP contribution in [0.15, 0.2) is 24.3 Å². The van der Waals surface area contributed by atoms with Gasteiger partial charge in [0.1, 0.15) is 0 Å². The van der Waals surface area contributed by atoms with Crippen molar-refractivity contribution in [3.05, 3.63) is 35.4 Å². The molecule has 2 nitrogen and oxygen atoms in total. The largest absolute Gasteiger partial charge is 0.478 e. The van der Waals surface area contributed by atoms with Crippen LogP contribution in [-0.2, 0) is 6.42 Å². The highest BCUT2D eigenvalue weighted by Gasteiger charge is 2.02. The molecule has 0 aliphatic heterocycles. The summed E-state index contributed by atoms with van der Waals surface area (Å²) >= 11 is 0. The molecule has 1 N–H and O–H groups in total. The standard InChI is InChI=1S/C20H32O2/c1-2-3-4-5-6-7-8-9-10-11-12-14-18-15-13-16-19(17-18)20(21)22/h13,15-17H,2-12,14H2,1H3,(H,21,22). The van der Waals surface area contributed by atoms with Crippen molar-refractivity contribution in [2.45, 2.75) is 84.0 Å². The summed E-state index contributed by atoms with van der Waals surface area (Å²) in [6, 6.07) is 7.34. The average Bonchev–Trinajstić information content (AvgIpc) is 2.53. The van der Waals surface area contributed by atoms with E-state index < -0.39 is 5.97 Å². The van der Waals surface area contributed by atoms with Crippen molar-refractivity contribution >= 4 is 5.97 Å². The molecule has 0 saturated heterocycles. The van der Waals surface area contributed by atoms with Crippen LogP contribution in [0.5, 0.6) is 0 Å². The molecule has 0 saturated carbocycles. The number of aromatic carboxylic acids is 1. The normalized spacial score (nSPS) is 10.8. The number of aryl methyl sites for hydroxylation is 1. The summed E-state index contributed by atoms with van der Waals surface area (Å²) in [4.78, 5) is 10.9. The SMILES string of the molecule is CCCCCCCCCCCCCc1cccc(C(=O)O)c1. The first-order valence-corrected chi connectivity index (χ1v) is 9.06. The van der Waals surface area contributed by atoms with Crippen LogP contribution in [0.1, 0.15) is 93.5 Å². The minimum absolute atomic E-state index is 0.403. The van der Waals surface area contributed by atoms with E-state index in [-0.39, 0.29) is 0 Å². The first kappa shape index (κ1) is 18.7.